The summed E-state index contributed by atoms with van der Waals surface area (Å²) in [6.45, 7) is 0. The highest BCUT2D eigenvalue weighted by atomic mass is 35.5. The molecule has 0 fully saturated rings. The van der Waals surface area contributed by atoms with Gasteiger partial charge < -0.3 is 0 Å². The maximum atomic E-state index is 10.6. The average molecular weight is 435 g/mol. The summed E-state index contributed by atoms with van der Waals surface area (Å²) < 4.78 is 0. The van der Waals surface area contributed by atoms with Gasteiger partial charge in [-0.05, 0) is 42.0 Å². The third kappa shape index (κ3) is 6.01. The van der Waals surface area contributed by atoms with Gasteiger partial charge in [0.15, 0.2) is 0 Å². The predicted octanol–water partition coefficient (Wildman–Crippen LogP) is 5.41. The molecule has 30 heavy (non-hydrogen) atoms. The molecule has 3 nitrogen and oxygen atoms in total. The molecule has 0 unspecified atom stereocenters. The summed E-state index contributed by atoms with van der Waals surface area (Å²) in [5.74, 6) is -0.813. The summed E-state index contributed by atoms with van der Waals surface area (Å²) in [4.78, 5) is 14.1. The number of carbonyl (C=O) groups excluding carboxylic acids is 1. The van der Waals surface area contributed by atoms with Gasteiger partial charge in [-0.15, -0.1) is 0 Å². The lowest BCUT2D eigenvalue weighted by Crippen LogP contribution is -2.20. The third-order valence-electron chi connectivity index (χ3n) is 4.19. The zero-order chi connectivity index (χ0) is 21.2. The molecule has 0 bridgehead atoms. The lowest BCUT2D eigenvalue weighted by atomic mass is 10.2. The highest BCUT2D eigenvalue weighted by molar-refractivity contribution is 7.79. The predicted molar refractivity (Wildman–Crippen MR) is 125 cm³/mol. The first-order valence-corrected chi connectivity index (χ1v) is 11.0. The van der Waals surface area contributed by atoms with Crippen LogP contribution in [0.1, 0.15) is 10.4 Å². The number of benzene rings is 4. The first-order valence-electron chi connectivity index (χ1n) is 9.25. The van der Waals surface area contributed by atoms with Gasteiger partial charge in [-0.2, -0.15) is 5.26 Å². The molecule has 4 rings (SSSR count). The molecule has 4 aromatic carbocycles. The molecule has 0 radical (unpaired) electrons. The van der Waals surface area contributed by atoms with Crippen molar-refractivity contribution in [3.05, 3.63) is 126 Å². The van der Waals surface area contributed by atoms with E-state index in [4.69, 9.17) is 16.9 Å². The molecule has 0 atom stereocenters. The average Bonchev–Trinajstić information content (AvgIpc) is 2.81. The van der Waals surface area contributed by atoms with Gasteiger partial charge in [0.25, 0.3) is 0 Å². The molecule has 0 aromatic heterocycles. The SMILES string of the molecule is O=C(OO)c1cccc(Cl)c1.c1ccc(P(c2ccccc2)c2ccccc2)cc1. The molecule has 5 heteroatoms. The summed E-state index contributed by atoms with van der Waals surface area (Å²) in [5, 5.41) is 12.6. The Labute approximate surface area is 182 Å². The zero-order valence-corrected chi connectivity index (χ0v) is 17.7. The minimum Gasteiger partial charge on any atom is -0.296 e. The van der Waals surface area contributed by atoms with Gasteiger partial charge in [-0.25, -0.2) is 4.79 Å². The highest BCUT2D eigenvalue weighted by Crippen LogP contribution is 2.32. The Hall–Kier alpha value is -2.97. The molecule has 0 saturated carbocycles. The Morgan fingerprint density at radius 3 is 1.47 bits per heavy atom. The zero-order valence-electron chi connectivity index (χ0n) is 16.1. The van der Waals surface area contributed by atoms with Crippen LogP contribution in [0.5, 0.6) is 0 Å². The van der Waals surface area contributed by atoms with Gasteiger partial charge in [-0.3, -0.25) is 4.89 Å². The molecular formula is C25H20ClO3P. The summed E-state index contributed by atoms with van der Waals surface area (Å²) in [6.07, 6.45) is 0. The van der Waals surface area contributed by atoms with Crippen LogP contribution in [0.4, 0.5) is 0 Å². The number of hydrogen-bond donors (Lipinski definition) is 1. The summed E-state index contributed by atoms with van der Waals surface area (Å²) >= 11 is 5.56. The van der Waals surface area contributed by atoms with Gasteiger partial charge in [0, 0.05) is 5.02 Å². The Bertz CT molecular complexity index is 963. The molecule has 150 valence electrons. The first kappa shape index (κ1) is 21.7. The van der Waals surface area contributed by atoms with E-state index in [-0.39, 0.29) is 5.56 Å². The summed E-state index contributed by atoms with van der Waals surface area (Å²) in [7, 11) is -0.446. The lowest BCUT2D eigenvalue weighted by Gasteiger charge is -2.18. The standard InChI is InChI=1S/C18H15P.C7H5ClO3/c1-4-10-16(11-5-1)19(17-12-6-2-7-13-17)18-14-8-3-9-15-18;8-6-3-1-2-5(4-6)7(9)11-10/h1-15H;1-4,10H. The van der Waals surface area contributed by atoms with E-state index in [2.05, 4.69) is 95.9 Å². The largest absolute Gasteiger partial charge is 0.372 e. The van der Waals surface area contributed by atoms with Crippen LogP contribution < -0.4 is 15.9 Å². The molecule has 4 aromatic rings. The fourth-order valence-electron chi connectivity index (χ4n) is 2.85. The molecule has 0 amide bonds. The molecule has 0 aliphatic heterocycles. The minimum atomic E-state index is -0.813. The molecule has 0 saturated heterocycles. The topological polar surface area (TPSA) is 46.5 Å². The van der Waals surface area contributed by atoms with Crippen LogP contribution in [0.3, 0.4) is 0 Å². The fourth-order valence-corrected chi connectivity index (χ4v) is 5.34. The van der Waals surface area contributed by atoms with Crippen molar-refractivity contribution in [2.24, 2.45) is 0 Å². The molecule has 1 N–H and O–H groups in total. The van der Waals surface area contributed by atoms with E-state index in [0.29, 0.717) is 5.02 Å². The summed E-state index contributed by atoms with van der Waals surface area (Å²) in [5.41, 5.74) is 0.222. The van der Waals surface area contributed by atoms with Crippen molar-refractivity contribution in [2.45, 2.75) is 0 Å². The number of hydrogen-bond acceptors (Lipinski definition) is 3. The van der Waals surface area contributed by atoms with Crippen molar-refractivity contribution in [1.29, 1.82) is 0 Å². The number of rotatable bonds is 4. The van der Waals surface area contributed by atoms with Crippen molar-refractivity contribution >= 4 is 41.4 Å². The quantitative estimate of drug-likeness (QED) is 0.265. The summed E-state index contributed by atoms with van der Waals surface area (Å²) in [6, 6.07) is 38.4. The maximum Gasteiger partial charge on any atom is 0.372 e. The second-order valence-corrected chi connectivity index (χ2v) is 8.89. The normalized spacial score (nSPS) is 10.1. The maximum absolute atomic E-state index is 10.6. The third-order valence-corrected chi connectivity index (χ3v) is 6.87. The fraction of sp³-hybridized carbons (Fsp3) is 0. The molecular weight excluding hydrogens is 415 g/mol. The van der Waals surface area contributed by atoms with Gasteiger partial charge in [0.05, 0.1) is 5.56 Å². The van der Waals surface area contributed by atoms with E-state index in [9.17, 15) is 4.79 Å². The van der Waals surface area contributed by atoms with E-state index in [1.807, 2.05) is 0 Å². The van der Waals surface area contributed by atoms with Crippen LogP contribution >= 0.6 is 19.5 Å². The first-order chi connectivity index (χ1) is 14.7. The van der Waals surface area contributed by atoms with Crippen LogP contribution in [-0.2, 0) is 4.89 Å². The van der Waals surface area contributed by atoms with E-state index in [1.54, 1.807) is 12.1 Å². The highest BCUT2D eigenvalue weighted by Gasteiger charge is 2.15. The van der Waals surface area contributed by atoms with Crippen LogP contribution in [0.2, 0.25) is 5.02 Å². The van der Waals surface area contributed by atoms with Crippen LogP contribution in [0, 0.1) is 0 Å². The smallest absolute Gasteiger partial charge is 0.296 e. The van der Waals surface area contributed by atoms with E-state index >= 15 is 0 Å². The number of carbonyl (C=O) groups is 1. The molecule has 0 spiro atoms. The Balaban J connectivity index is 0.000000199. The minimum absolute atomic E-state index is 0.222. The van der Waals surface area contributed by atoms with Gasteiger partial charge in [0.2, 0.25) is 0 Å². The van der Waals surface area contributed by atoms with Gasteiger partial charge >= 0.3 is 5.97 Å². The van der Waals surface area contributed by atoms with E-state index in [0.717, 1.165) is 0 Å². The second-order valence-electron chi connectivity index (χ2n) is 6.23. The van der Waals surface area contributed by atoms with Gasteiger partial charge in [0.1, 0.15) is 0 Å². The van der Waals surface area contributed by atoms with Crippen LogP contribution in [0.15, 0.2) is 115 Å². The van der Waals surface area contributed by atoms with Crippen molar-refractivity contribution in [1.82, 2.24) is 0 Å². The second kappa shape index (κ2) is 11.3. The Morgan fingerprint density at radius 2 is 1.10 bits per heavy atom. The van der Waals surface area contributed by atoms with Crippen molar-refractivity contribution in [2.75, 3.05) is 0 Å². The van der Waals surface area contributed by atoms with Crippen LogP contribution in [-0.4, -0.2) is 11.2 Å². The van der Waals surface area contributed by atoms with Crippen LogP contribution in [0.25, 0.3) is 0 Å². The number of halogens is 1. The molecule has 0 aliphatic rings. The monoisotopic (exact) mass is 434 g/mol. The van der Waals surface area contributed by atoms with Gasteiger partial charge in [-0.1, -0.05) is 109 Å². The van der Waals surface area contributed by atoms with Crippen molar-refractivity contribution in [3.8, 4) is 0 Å². The van der Waals surface area contributed by atoms with Crippen molar-refractivity contribution < 1.29 is 14.9 Å². The van der Waals surface area contributed by atoms with E-state index < -0.39 is 13.9 Å². The molecule has 0 aliphatic carbocycles. The Morgan fingerprint density at radius 1 is 0.667 bits per heavy atom. The Kier molecular flexibility index (Phi) is 8.17. The molecule has 0 heterocycles. The lowest BCUT2D eigenvalue weighted by molar-refractivity contribution is -0.182. The van der Waals surface area contributed by atoms with E-state index in [1.165, 1.54) is 28.0 Å². The van der Waals surface area contributed by atoms with Crippen molar-refractivity contribution in [3.63, 3.8) is 0 Å².